The summed E-state index contributed by atoms with van der Waals surface area (Å²) in [5.74, 6) is 1.35. The van der Waals surface area contributed by atoms with E-state index in [0.29, 0.717) is 21.2 Å². The highest BCUT2D eigenvalue weighted by Gasteiger charge is 2.17. The van der Waals surface area contributed by atoms with Crippen LogP contribution in [0.1, 0.15) is 49.2 Å². The third-order valence-corrected chi connectivity index (χ3v) is 6.58. The summed E-state index contributed by atoms with van der Waals surface area (Å²) in [6.07, 6.45) is 2.95. The monoisotopic (exact) mass is 467 g/mol. The largest absolute Gasteiger partial charge is 0.291 e. The van der Waals surface area contributed by atoms with Crippen LogP contribution in [0.5, 0.6) is 0 Å². The number of fused-ring (bicyclic) bond motifs is 1. The van der Waals surface area contributed by atoms with Crippen molar-refractivity contribution in [1.82, 2.24) is 14.6 Å². The molecule has 0 saturated carbocycles. The fraction of sp³-hybridized carbons (Fsp3) is 0.261. The van der Waals surface area contributed by atoms with Gasteiger partial charge in [-0.2, -0.15) is 4.52 Å². The second kappa shape index (κ2) is 8.20. The van der Waals surface area contributed by atoms with Crippen molar-refractivity contribution in [3.63, 3.8) is 0 Å². The van der Waals surface area contributed by atoms with Crippen molar-refractivity contribution in [1.29, 1.82) is 0 Å². The Hall–Kier alpha value is -2.31. The first-order valence-electron chi connectivity index (χ1n) is 9.67. The lowest BCUT2D eigenvalue weighted by Crippen LogP contribution is -2.24. The van der Waals surface area contributed by atoms with E-state index in [1.54, 1.807) is 0 Å². The third kappa shape index (κ3) is 4.19. The molecule has 0 aliphatic heterocycles. The quantitative estimate of drug-likeness (QED) is 0.422. The molecule has 2 heterocycles. The standard InChI is InChI=1S/C23H22BrN3OS/c1-14(2)12-16-8-10-17(11-9-16)15(3)21-25-23-27(26-21)22(28)20(29-23)13-18-6-4-5-7-19(18)24/h4-11,13-15H,12H2,1-3H3/b20-13-. The van der Waals surface area contributed by atoms with Crippen LogP contribution < -0.4 is 10.1 Å². The molecule has 4 nitrogen and oxygen atoms in total. The summed E-state index contributed by atoms with van der Waals surface area (Å²) in [6, 6.07) is 16.5. The molecular formula is C23H22BrN3OS. The molecule has 0 bridgehead atoms. The molecule has 2 aromatic heterocycles. The van der Waals surface area contributed by atoms with Gasteiger partial charge in [0.1, 0.15) is 0 Å². The zero-order valence-corrected chi connectivity index (χ0v) is 19.0. The molecule has 0 N–H and O–H groups in total. The van der Waals surface area contributed by atoms with Gasteiger partial charge in [0.25, 0.3) is 5.56 Å². The van der Waals surface area contributed by atoms with Crippen molar-refractivity contribution in [2.75, 3.05) is 0 Å². The summed E-state index contributed by atoms with van der Waals surface area (Å²) in [5, 5.41) is 4.52. The smallest absolute Gasteiger partial charge is 0.266 e. The van der Waals surface area contributed by atoms with Crippen LogP contribution in [0.3, 0.4) is 0 Å². The van der Waals surface area contributed by atoms with Crippen molar-refractivity contribution >= 4 is 38.3 Å². The Labute approximate surface area is 182 Å². The molecule has 1 atom stereocenters. The van der Waals surface area contributed by atoms with Gasteiger partial charge in [-0.3, -0.25) is 4.79 Å². The van der Waals surface area contributed by atoms with Crippen molar-refractivity contribution < 1.29 is 0 Å². The number of nitrogens with zero attached hydrogens (tertiary/aromatic N) is 3. The second-order valence-corrected chi connectivity index (χ2v) is 9.53. The molecule has 0 aliphatic rings. The Morgan fingerprint density at radius 1 is 1.10 bits per heavy atom. The summed E-state index contributed by atoms with van der Waals surface area (Å²) in [6.45, 7) is 6.53. The number of halogens is 1. The number of hydrogen-bond donors (Lipinski definition) is 0. The third-order valence-electron chi connectivity index (χ3n) is 4.90. The lowest BCUT2D eigenvalue weighted by atomic mass is 9.96. The van der Waals surface area contributed by atoms with Gasteiger partial charge in [-0.15, -0.1) is 5.10 Å². The molecule has 0 saturated heterocycles. The maximum absolute atomic E-state index is 12.8. The Bertz CT molecular complexity index is 1260. The van der Waals surface area contributed by atoms with Crippen LogP contribution in [0.15, 0.2) is 57.8 Å². The van der Waals surface area contributed by atoms with Crippen molar-refractivity contribution in [3.8, 4) is 0 Å². The summed E-state index contributed by atoms with van der Waals surface area (Å²) in [7, 11) is 0. The summed E-state index contributed by atoms with van der Waals surface area (Å²) < 4.78 is 3.00. The highest BCUT2D eigenvalue weighted by atomic mass is 79.9. The molecule has 0 spiro atoms. The molecule has 0 fully saturated rings. The van der Waals surface area contributed by atoms with Crippen LogP contribution in [0.4, 0.5) is 0 Å². The van der Waals surface area contributed by atoms with Gasteiger partial charge >= 0.3 is 0 Å². The first-order valence-corrected chi connectivity index (χ1v) is 11.3. The lowest BCUT2D eigenvalue weighted by molar-refractivity contribution is 0.647. The molecule has 2 aromatic carbocycles. The minimum Gasteiger partial charge on any atom is -0.266 e. The molecule has 148 valence electrons. The van der Waals surface area contributed by atoms with Crippen molar-refractivity contribution in [2.45, 2.75) is 33.1 Å². The van der Waals surface area contributed by atoms with Gasteiger partial charge in [-0.1, -0.05) is 90.5 Å². The van der Waals surface area contributed by atoms with E-state index in [4.69, 9.17) is 0 Å². The van der Waals surface area contributed by atoms with Gasteiger partial charge in [-0.05, 0) is 41.2 Å². The van der Waals surface area contributed by atoms with Crippen LogP contribution >= 0.6 is 27.3 Å². The van der Waals surface area contributed by atoms with Gasteiger partial charge in [0.2, 0.25) is 4.96 Å². The Morgan fingerprint density at radius 3 is 2.48 bits per heavy atom. The Kier molecular flexibility index (Phi) is 5.65. The first kappa shape index (κ1) is 20.0. The molecule has 0 amide bonds. The lowest BCUT2D eigenvalue weighted by Gasteiger charge is -2.10. The highest BCUT2D eigenvalue weighted by molar-refractivity contribution is 9.10. The summed E-state index contributed by atoms with van der Waals surface area (Å²) in [4.78, 5) is 18.1. The number of hydrogen-bond acceptors (Lipinski definition) is 4. The minimum absolute atomic E-state index is 0.0327. The van der Waals surface area contributed by atoms with Crippen LogP contribution in [0.25, 0.3) is 11.0 Å². The van der Waals surface area contributed by atoms with Gasteiger partial charge in [0, 0.05) is 10.4 Å². The first-order chi connectivity index (χ1) is 13.9. The molecule has 1 unspecified atom stereocenters. The van der Waals surface area contributed by atoms with E-state index in [-0.39, 0.29) is 11.5 Å². The zero-order valence-electron chi connectivity index (χ0n) is 16.6. The van der Waals surface area contributed by atoms with E-state index in [9.17, 15) is 4.79 Å². The van der Waals surface area contributed by atoms with Gasteiger partial charge < -0.3 is 0 Å². The molecule has 4 rings (SSSR count). The molecule has 0 aliphatic carbocycles. The summed E-state index contributed by atoms with van der Waals surface area (Å²) >= 11 is 4.89. The predicted octanol–water partition coefficient (Wildman–Crippen LogP) is 4.81. The van der Waals surface area contributed by atoms with Crippen LogP contribution in [-0.4, -0.2) is 14.6 Å². The van der Waals surface area contributed by atoms with Gasteiger partial charge in [0.15, 0.2) is 5.82 Å². The number of rotatable bonds is 5. The Balaban J connectivity index is 1.65. The predicted molar refractivity (Wildman–Crippen MR) is 123 cm³/mol. The van der Waals surface area contributed by atoms with Gasteiger partial charge in [-0.25, -0.2) is 4.98 Å². The van der Waals surface area contributed by atoms with Crippen LogP contribution in [-0.2, 0) is 6.42 Å². The zero-order chi connectivity index (χ0) is 20.5. The topological polar surface area (TPSA) is 47.3 Å². The highest BCUT2D eigenvalue weighted by Crippen LogP contribution is 2.23. The molecule has 6 heteroatoms. The van der Waals surface area contributed by atoms with E-state index < -0.39 is 0 Å². The second-order valence-electron chi connectivity index (χ2n) is 7.66. The fourth-order valence-corrected chi connectivity index (χ4v) is 4.63. The number of benzene rings is 2. The minimum atomic E-state index is -0.126. The van der Waals surface area contributed by atoms with Gasteiger partial charge in [0.05, 0.1) is 4.53 Å². The molecule has 29 heavy (non-hydrogen) atoms. The Morgan fingerprint density at radius 2 is 1.83 bits per heavy atom. The van der Waals surface area contributed by atoms with Crippen molar-refractivity contribution in [2.24, 2.45) is 5.92 Å². The normalized spacial score (nSPS) is 13.5. The van der Waals surface area contributed by atoms with E-state index in [1.165, 1.54) is 21.4 Å². The molecule has 4 aromatic rings. The summed E-state index contributed by atoms with van der Waals surface area (Å²) in [5.41, 5.74) is 3.33. The number of aromatic nitrogens is 3. The average molecular weight is 468 g/mol. The van der Waals surface area contributed by atoms with E-state index >= 15 is 0 Å². The maximum Gasteiger partial charge on any atom is 0.291 e. The van der Waals surface area contributed by atoms with Crippen molar-refractivity contribution in [3.05, 3.63) is 90.4 Å². The molecule has 0 radical (unpaired) electrons. The van der Waals surface area contributed by atoms with Crippen LogP contribution in [0.2, 0.25) is 0 Å². The average Bonchev–Trinajstić information content (AvgIpc) is 3.23. The van der Waals surface area contributed by atoms with Crippen LogP contribution in [0, 0.1) is 5.92 Å². The maximum atomic E-state index is 12.8. The van der Waals surface area contributed by atoms with E-state index in [1.807, 2.05) is 30.3 Å². The van der Waals surface area contributed by atoms with E-state index in [0.717, 1.165) is 22.0 Å². The van der Waals surface area contributed by atoms with E-state index in [2.05, 4.69) is 71.0 Å². The fourth-order valence-electron chi connectivity index (χ4n) is 3.33. The molecular weight excluding hydrogens is 446 g/mol. The SMILES string of the molecule is CC(C)Cc1ccc(C(C)c2nc3s/c(=C\c4ccccc4Br)c(=O)n3n2)cc1. The number of thiazole rings is 1.